The highest BCUT2D eigenvalue weighted by Crippen LogP contribution is 2.18. The van der Waals surface area contributed by atoms with E-state index in [0.717, 1.165) is 6.42 Å². The summed E-state index contributed by atoms with van der Waals surface area (Å²) < 4.78 is 26.7. The number of rotatable bonds is 8. The highest BCUT2D eigenvalue weighted by Gasteiger charge is 2.29. The molecule has 0 saturated carbocycles. The summed E-state index contributed by atoms with van der Waals surface area (Å²) in [5.74, 6) is -0.303. The molecule has 0 bridgehead atoms. The van der Waals surface area contributed by atoms with Crippen molar-refractivity contribution in [3.05, 3.63) is 29.3 Å². The summed E-state index contributed by atoms with van der Waals surface area (Å²) in [6.45, 7) is 3.34. The van der Waals surface area contributed by atoms with E-state index >= 15 is 0 Å². The van der Waals surface area contributed by atoms with Gasteiger partial charge in [0.05, 0.1) is 10.8 Å². The second-order valence-electron chi connectivity index (χ2n) is 6.22. The maximum atomic E-state index is 12.2. The highest BCUT2D eigenvalue weighted by molar-refractivity contribution is 7.89. The van der Waals surface area contributed by atoms with Crippen LogP contribution in [0.2, 0.25) is 5.02 Å². The second kappa shape index (κ2) is 9.34. The van der Waals surface area contributed by atoms with Gasteiger partial charge in [-0.15, -0.1) is 0 Å². The van der Waals surface area contributed by atoms with Crippen molar-refractivity contribution in [2.24, 2.45) is 5.92 Å². The largest absolute Gasteiger partial charge is 0.354 e. The molecule has 2 N–H and O–H groups in total. The van der Waals surface area contributed by atoms with Gasteiger partial charge in [0.1, 0.15) is 0 Å². The van der Waals surface area contributed by atoms with Gasteiger partial charge in [0.25, 0.3) is 0 Å². The van der Waals surface area contributed by atoms with Crippen molar-refractivity contribution in [1.29, 1.82) is 0 Å². The topological polar surface area (TPSA) is 95.6 Å². The Kier molecular flexibility index (Phi) is 7.43. The van der Waals surface area contributed by atoms with E-state index in [0.29, 0.717) is 31.0 Å². The fourth-order valence-corrected chi connectivity index (χ4v) is 3.99. The summed E-state index contributed by atoms with van der Waals surface area (Å²) in [7, 11) is -3.64. The third-order valence-corrected chi connectivity index (χ3v) is 5.93. The van der Waals surface area contributed by atoms with Crippen LogP contribution in [0.1, 0.15) is 26.2 Å². The molecule has 26 heavy (non-hydrogen) atoms. The second-order valence-corrected chi connectivity index (χ2v) is 8.42. The average Bonchev–Trinajstić information content (AvgIpc) is 2.61. The van der Waals surface area contributed by atoms with Gasteiger partial charge in [0.15, 0.2) is 0 Å². The molecule has 2 rings (SSSR count). The van der Waals surface area contributed by atoms with Crippen molar-refractivity contribution < 1.29 is 18.0 Å². The molecule has 0 aromatic heterocycles. The first-order valence-electron chi connectivity index (χ1n) is 8.64. The first-order chi connectivity index (χ1) is 12.3. The zero-order valence-electron chi connectivity index (χ0n) is 14.7. The molecule has 0 unspecified atom stereocenters. The van der Waals surface area contributed by atoms with Gasteiger partial charge in [-0.3, -0.25) is 9.59 Å². The van der Waals surface area contributed by atoms with Gasteiger partial charge in [-0.1, -0.05) is 18.5 Å². The van der Waals surface area contributed by atoms with E-state index in [1.165, 1.54) is 24.3 Å². The van der Waals surface area contributed by atoms with Crippen LogP contribution in [0.25, 0.3) is 0 Å². The minimum atomic E-state index is -3.64. The van der Waals surface area contributed by atoms with Crippen molar-refractivity contribution in [1.82, 2.24) is 14.9 Å². The first-order valence-corrected chi connectivity index (χ1v) is 10.5. The Morgan fingerprint density at radius 1 is 1.27 bits per heavy atom. The Hall–Kier alpha value is -1.64. The summed E-state index contributed by atoms with van der Waals surface area (Å²) in [4.78, 5) is 25.9. The van der Waals surface area contributed by atoms with Crippen molar-refractivity contribution in [3.8, 4) is 0 Å². The summed E-state index contributed by atoms with van der Waals surface area (Å²) >= 11 is 5.75. The lowest BCUT2D eigenvalue weighted by Gasteiger charge is -2.31. The quantitative estimate of drug-likeness (QED) is 0.643. The average molecular weight is 402 g/mol. The minimum absolute atomic E-state index is 0.0843. The Morgan fingerprint density at radius 3 is 2.62 bits per heavy atom. The number of benzene rings is 1. The molecular formula is C17H24ClN3O4S. The number of hydrogen-bond donors (Lipinski definition) is 2. The molecule has 1 fully saturated rings. The molecule has 0 radical (unpaired) electrons. The number of hydrogen-bond acceptors (Lipinski definition) is 4. The predicted octanol–water partition coefficient (Wildman–Crippen LogP) is 1.38. The summed E-state index contributed by atoms with van der Waals surface area (Å²) in [5.41, 5.74) is 0. The van der Waals surface area contributed by atoms with Gasteiger partial charge in [-0.25, -0.2) is 13.1 Å². The normalized spacial score (nSPS) is 18.0. The molecule has 144 valence electrons. The van der Waals surface area contributed by atoms with Crippen LogP contribution in [0.4, 0.5) is 0 Å². The van der Waals surface area contributed by atoms with E-state index in [2.05, 4.69) is 10.0 Å². The maximum Gasteiger partial charge on any atom is 0.240 e. The third kappa shape index (κ3) is 5.69. The van der Waals surface area contributed by atoms with Gasteiger partial charge < -0.3 is 10.2 Å². The lowest BCUT2D eigenvalue weighted by molar-refractivity contribution is -0.138. The molecular weight excluding hydrogens is 378 g/mol. The first kappa shape index (κ1) is 20.7. The molecule has 1 aliphatic rings. The molecule has 1 aromatic carbocycles. The van der Waals surface area contributed by atoms with Crippen LogP contribution in [0.5, 0.6) is 0 Å². The number of halogens is 1. The van der Waals surface area contributed by atoms with Crippen molar-refractivity contribution in [2.75, 3.05) is 26.2 Å². The number of likely N-dealkylation sites (tertiary alicyclic amines) is 1. The van der Waals surface area contributed by atoms with Crippen LogP contribution in [-0.4, -0.2) is 51.3 Å². The van der Waals surface area contributed by atoms with Gasteiger partial charge in [-0.05, 0) is 37.1 Å². The number of piperidine rings is 1. The molecule has 1 aromatic rings. The number of carbonyl (C=O) groups is 2. The Balaban J connectivity index is 1.77. The third-order valence-electron chi connectivity index (χ3n) is 4.20. The van der Waals surface area contributed by atoms with E-state index in [-0.39, 0.29) is 35.7 Å². The Labute approximate surface area is 159 Å². The minimum Gasteiger partial charge on any atom is -0.354 e. The van der Waals surface area contributed by atoms with Crippen molar-refractivity contribution in [2.45, 2.75) is 31.1 Å². The van der Waals surface area contributed by atoms with Crippen LogP contribution >= 0.6 is 11.6 Å². The molecule has 7 nitrogen and oxygen atoms in total. The summed E-state index contributed by atoms with van der Waals surface area (Å²) in [5, 5.41) is 3.20. The predicted molar refractivity (Wildman–Crippen MR) is 99.2 cm³/mol. The molecule has 1 aliphatic heterocycles. The number of carbonyl (C=O) groups excluding carboxylic acids is 2. The monoisotopic (exact) mass is 401 g/mol. The molecule has 0 aliphatic carbocycles. The lowest BCUT2D eigenvalue weighted by atomic mass is 9.96. The van der Waals surface area contributed by atoms with Crippen LogP contribution in [0, 0.1) is 5.92 Å². The smallest absolute Gasteiger partial charge is 0.240 e. The highest BCUT2D eigenvalue weighted by atomic mass is 35.5. The van der Waals surface area contributed by atoms with Gasteiger partial charge in [-0.2, -0.15) is 0 Å². The zero-order valence-corrected chi connectivity index (χ0v) is 16.3. The van der Waals surface area contributed by atoms with Gasteiger partial charge in [0, 0.05) is 37.6 Å². The number of nitrogens with zero attached hydrogens (tertiary/aromatic N) is 1. The molecule has 2 amide bonds. The van der Waals surface area contributed by atoms with Crippen LogP contribution < -0.4 is 10.0 Å². The molecule has 0 spiro atoms. The lowest BCUT2D eigenvalue weighted by Crippen LogP contribution is -2.47. The van der Waals surface area contributed by atoms with E-state index in [1.807, 2.05) is 6.92 Å². The number of amides is 2. The number of sulfonamides is 1. The van der Waals surface area contributed by atoms with E-state index in [1.54, 1.807) is 4.90 Å². The molecule has 1 heterocycles. The molecule has 9 heteroatoms. The maximum absolute atomic E-state index is 12.2. The van der Waals surface area contributed by atoms with Crippen LogP contribution in [-0.2, 0) is 19.6 Å². The summed E-state index contributed by atoms with van der Waals surface area (Å²) in [6.07, 6.45) is 1.76. The number of nitrogens with one attached hydrogen (secondary N) is 2. The van der Waals surface area contributed by atoms with Gasteiger partial charge in [0.2, 0.25) is 21.8 Å². The van der Waals surface area contributed by atoms with Crippen LogP contribution in [0.15, 0.2) is 29.2 Å². The Morgan fingerprint density at radius 2 is 1.96 bits per heavy atom. The Bertz CT molecular complexity index is 737. The van der Waals surface area contributed by atoms with Crippen molar-refractivity contribution in [3.63, 3.8) is 0 Å². The SMILES string of the molecule is CCCN1C[C@@H](C(=O)NCCNS(=O)(=O)c2ccc(Cl)cc2)CCC1=O. The zero-order chi connectivity index (χ0) is 19.2. The molecule has 1 atom stereocenters. The molecule has 1 saturated heterocycles. The van der Waals surface area contributed by atoms with Crippen LogP contribution in [0.3, 0.4) is 0 Å². The van der Waals surface area contributed by atoms with Crippen molar-refractivity contribution >= 4 is 33.4 Å². The summed E-state index contributed by atoms with van der Waals surface area (Å²) in [6, 6.07) is 5.85. The van der Waals surface area contributed by atoms with E-state index < -0.39 is 10.0 Å². The van der Waals surface area contributed by atoms with Gasteiger partial charge >= 0.3 is 0 Å². The van der Waals surface area contributed by atoms with E-state index in [4.69, 9.17) is 11.6 Å². The standard InChI is InChI=1S/C17H24ClN3O4S/c1-2-11-21-12-13(3-8-16(21)22)17(23)19-9-10-20-26(24,25)15-6-4-14(18)5-7-15/h4-7,13,20H,2-3,8-12H2,1H3,(H,19,23)/t13-/m0/s1. The van der Waals surface area contributed by atoms with E-state index in [9.17, 15) is 18.0 Å². The fourth-order valence-electron chi connectivity index (χ4n) is 2.83. The fraction of sp³-hybridized carbons (Fsp3) is 0.529.